The van der Waals surface area contributed by atoms with E-state index in [2.05, 4.69) is 5.32 Å². The first-order valence-corrected chi connectivity index (χ1v) is 4.57. The number of aliphatic hydroxyl groups excluding tert-OH is 1. The second kappa shape index (κ2) is 3.86. The van der Waals surface area contributed by atoms with Crippen LogP contribution in [0.1, 0.15) is 0 Å². The molecule has 1 saturated heterocycles. The van der Waals surface area contributed by atoms with Gasteiger partial charge in [0.2, 0.25) is 0 Å². The van der Waals surface area contributed by atoms with Crippen LogP contribution in [0, 0.1) is 0 Å². The topological polar surface area (TPSA) is 61.7 Å². The maximum absolute atomic E-state index is 9.47. The summed E-state index contributed by atoms with van der Waals surface area (Å²) < 4.78 is 5.10. The van der Waals surface area contributed by atoms with Crippen LogP contribution in [0.25, 0.3) is 0 Å². The number of phenolic OH excluding ortho intramolecular Hbond substituents is 1. The van der Waals surface area contributed by atoms with Crippen molar-refractivity contribution in [2.45, 2.75) is 12.1 Å². The van der Waals surface area contributed by atoms with E-state index in [-0.39, 0.29) is 11.8 Å². The molecule has 2 rings (SSSR count). The van der Waals surface area contributed by atoms with E-state index in [9.17, 15) is 5.11 Å². The smallest absolute Gasteiger partial charge is 0.115 e. The largest absolute Gasteiger partial charge is 0.508 e. The van der Waals surface area contributed by atoms with Crippen molar-refractivity contribution < 1.29 is 14.9 Å². The Kier molecular flexibility index (Phi) is 2.56. The Bertz CT molecular complexity index is 299. The van der Waals surface area contributed by atoms with E-state index >= 15 is 0 Å². The molecule has 14 heavy (non-hydrogen) atoms. The molecule has 1 heterocycles. The van der Waals surface area contributed by atoms with Crippen LogP contribution in [0.4, 0.5) is 5.69 Å². The number of rotatable bonds is 2. The number of anilines is 1. The Morgan fingerprint density at radius 1 is 1.21 bits per heavy atom. The van der Waals surface area contributed by atoms with E-state index in [1.807, 2.05) is 0 Å². The molecule has 0 saturated carbocycles. The predicted molar refractivity (Wildman–Crippen MR) is 52.3 cm³/mol. The third-order valence-electron chi connectivity index (χ3n) is 2.27. The van der Waals surface area contributed by atoms with Crippen molar-refractivity contribution in [1.29, 1.82) is 0 Å². The fourth-order valence-corrected chi connectivity index (χ4v) is 1.45. The minimum absolute atomic E-state index is 0.0560. The van der Waals surface area contributed by atoms with Crippen LogP contribution in [0.5, 0.6) is 5.75 Å². The highest BCUT2D eigenvalue weighted by Gasteiger charge is 2.25. The summed E-state index contributed by atoms with van der Waals surface area (Å²) in [5.74, 6) is 0.235. The fourth-order valence-electron chi connectivity index (χ4n) is 1.45. The predicted octanol–water partition coefficient (Wildman–Crippen LogP) is 0.564. The van der Waals surface area contributed by atoms with Gasteiger partial charge in [0.05, 0.1) is 25.4 Å². The molecular formula is C10H13NO3. The SMILES string of the molecule is Oc1ccc(N[C@@H]2COC[C@H]2O)cc1. The van der Waals surface area contributed by atoms with Crippen molar-refractivity contribution >= 4 is 5.69 Å². The number of nitrogens with one attached hydrogen (secondary N) is 1. The van der Waals surface area contributed by atoms with Crippen LogP contribution in [0.2, 0.25) is 0 Å². The summed E-state index contributed by atoms with van der Waals surface area (Å²) in [5.41, 5.74) is 0.873. The zero-order valence-corrected chi connectivity index (χ0v) is 7.68. The van der Waals surface area contributed by atoms with Gasteiger partial charge in [0.1, 0.15) is 5.75 Å². The molecular weight excluding hydrogens is 182 g/mol. The highest BCUT2D eigenvalue weighted by molar-refractivity contribution is 5.47. The molecule has 76 valence electrons. The first-order chi connectivity index (χ1) is 6.75. The molecule has 4 heteroatoms. The molecule has 2 atom stereocenters. The quantitative estimate of drug-likeness (QED) is 0.603. The van der Waals surface area contributed by atoms with Gasteiger partial charge in [-0.15, -0.1) is 0 Å². The number of phenols is 1. The number of ether oxygens (including phenoxy) is 1. The summed E-state index contributed by atoms with van der Waals surface area (Å²) >= 11 is 0. The van der Waals surface area contributed by atoms with Crippen LogP contribution in [0.15, 0.2) is 24.3 Å². The van der Waals surface area contributed by atoms with E-state index in [1.54, 1.807) is 24.3 Å². The molecule has 1 fully saturated rings. The van der Waals surface area contributed by atoms with E-state index in [4.69, 9.17) is 9.84 Å². The van der Waals surface area contributed by atoms with Gasteiger partial charge in [-0.3, -0.25) is 0 Å². The summed E-state index contributed by atoms with van der Waals surface area (Å²) in [4.78, 5) is 0. The van der Waals surface area contributed by atoms with Crippen LogP contribution in [-0.2, 0) is 4.74 Å². The van der Waals surface area contributed by atoms with Gasteiger partial charge >= 0.3 is 0 Å². The number of benzene rings is 1. The van der Waals surface area contributed by atoms with Gasteiger partial charge in [-0.1, -0.05) is 0 Å². The highest BCUT2D eigenvalue weighted by atomic mass is 16.5. The lowest BCUT2D eigenvalue weighted by Crippen LogP contribution is -2.31. The molecule has 0 spiro atoms. The Balaban J connectivity index is 2.00. The average Bonchev–Trinajstić information content (AvgIpc) is 2.56. The van der Waals surface area contributed by atoms with Gasteiger partial charge in [0.25, 0.3) is 0 Å². The Morgan fingerprint density at radius 2 is 1.93 bits per heavy atom. The minimum atomic E-state index is -0.455. The number of aliphatic hydroxyl groups is 1. The van der Waals surface area contributed by atoms with Gasteiger partial charge in [0.15, 0.2) is 0 Å². The van der Waals surface area contributed by atoms with E-state index in [0.29, 0.717) is 13.2 Å². The second-order valence-electron chi connectivity index (χ2n) is 3.40. The molecule has 1 aromatic carbocycles. The second-order valence-corrected chi connectivity index (χ2v) is 3.40. The first kappa shape index (κ1) is 9.30. The maximum atomic E-state index is 9.47. The number of aromatic hydroxyl groups is 1. The normalized spacial score (nSPS) is 26.4. The molecule has 0 bridgehead atoms. The molecule has 0 unspecified atom stereocenters. The lowest BCUT2D eigenvalue weighted by atomic mass is 10.2. The summed E-state index contributed by atoms with van der Waals surface area (Å²) in [6.45, 7) is 0.901. The van der Waals surface area contributed by atoms with Crippen molar-refractivity contribution in [3.8, 4) is 5.75 Å². The molecule has 1 aromatic rings. The van der Waals surface area contributed by atoms with E-state index in [1.165, 1.54) is 0 Å². The highest BCUT2D eigenvalue weighted by Crippen LogP contribution is 2.17. The van der Waals surface area contributed by atoms with Gasteiger partial charge in [-0.2, -0.15) is 0 Å². The lowest BCUT2D eigenvalue weighted by Gasteiger charge is -2.15. The van der Waals surface area contributed by atoms with Crippen molar-refractivity contribution in [3.05, 3.63) is 24.3 Å². The van der Waals surface area contributed by atoms with Gasteiger partial charge < -0.3 is 20.3 Å². The zero-order valence-electron chi connectivity index (χ0n) is 7.68. The van der Waals surface area contributed by atoms with Crippen molar-refractivity contribution in [1.82, 2.24) is 0 Å². The van der Waals surface area contributed by atoms with Gasteiger partial charge in [0, 0.05) is 5.69 Å². The van der Waals surface area contributed by atoms with Crippen molar-refractivity contribution in [2.75, 3.05) is 18.5 Å². The third kappa shape index (κ3) is 1.97. The Labute approximate surface area is 82.1 Å². The first-order valence-electron chi connectivity index (χ1n) is 4.57. The van der Waals surface area contributed by atoms with Crippen molar-refractivity contribution in [3.63, 3.8) is 0 Å². The minimum Gasteiger partial charge on any atom is -0.508 e. The molecule has 1 aliphatic rings. The van der Waals surface area contributed by atoms with Crippen molar-refractivity contribution in [2.24, 2.45) is 0 Å². The number of hydrogen-bond donors (Lipinski definition) is 3. The van der Waals surface area contributed by atoms with Gasteiger partial charge in [-0.05, 0) is 24.3 Å². The summed E-state index contributed by atoms with van der Waals surface area (Å²) in [6, 6.07) is 6.68. The lowest BCUT2D eigenvalue weighted by molar-refractivity contribution is 0.125. The molecule has 0 radical (unpaired) electrons. The zero-order chi connectivity index (χ0) is 9.97. The third-order valence-corrected chi connectivity index (χ3v) is 2.27. The Morgan fingerprint density at radius 3 is 2.50 bits per heavy atom. The summed E-state index contributed by atoms with van der Waals surface area (Å²) in [6.07, 6.45) is -0.455. The monoisotopic (exact) mass is 195 g/mol. The summed E-state index contributed by atoms with van der Waals surface area (Å²) in [5, 5.41) is 21.7. The molecule has 0 amide bonds. The molecule has 3 N–H and O–H groups in total. The fraction of sp³-hybridized carbons (Fsp3) is 0.400. The van der Waals surface area contributed by atoms with Crippen LogP contribution in [-0.4, -0.2) is 35.6 Å². The molecule has 4 nitrogen and oxygen atoms in total. The van der Waals surface area contributed by atoms with Crippen LogP contribution >= 0.6 is 0 Å². The maximum Gasteiger partial charge on any atom is 0.115 e. The molecule has 0 aromatic heterocycles. The van der Waals surface area contributed by atoms with Crippen LogP contribution in [0.3, 0.4) is 0 Å². The summed E-state index contributed by atoms with van der Waals surface area (Å²) in [7, 11) is 0. The molecule has 0 aliphatic carbocycles. The number of hydrogen-bond acceptors (Lipinski definition) is 4. The van der Waals surface area contributed by atoms with Gasteiger partial charge in [-0.25, -0.2) is 0 Å². The Hall–Kier alpha value is -1.26. The standard InChI is InChI=1S/C10H13NO3/c12-8-3-1-7(2-4-8)11-9-5-14-6-10(9)13/h1-4,9-13H,5-6H2/t9-,10-/m1/s1. The average molecular weight is 195 g/mol. The van der Waals surface area contributed by atoms with E-state index in [0.717, 1.165) is 5.69 Å². The molecule has 1 aliphatic heterocycles. The van der Waals surface area contributed by atoms with Crippen LogP contribution < -0.4 is 5.32 Å². The van der Waals surface area contributed by atoms with E-state index < -0.39 is 6.10 Å².